The number of carbonyl (C=O) groups excluding carboxylic acids is 1. The number of aliphatic carboxylic acids is 1. The second-order valence-corrected chi connectivity index (χ2v) is 4.89. The van der Waals surface area contributed by atoms with Crippen LogP contribution in [0.4, 0.5) is 5.69 Å². The van der Waals surface area contributed by atoms with E-state index in [2.05, 4.69) is 5.32 Å². The van der Waals surface area contributed by atoms with Crippen molar-refractivity contribution in [2.75, 3.05) is 5.32 Å². The zero-order valence-corrected chi connectivity index (χ0v) is 11.7. The van der Waals surface area contributed by atoms with Crippen LogP contribution in [0, 0.1) is 0 Å². The first-order chi connectivity index (χ1) is 10.1. The molecule has 2 aromatic carbocycles. The van der Waals surface area contributed by atoms with Crippen molar-refractivity contribution in [3.63, 3.8) is 0 Å². The molecule has 0 radical (unpaired) electrons. The van der Waals surface area contributed by atoms with Gasteiger partial charge in [-0.25, -0.2) is 0 Å². The summed E-state index contributed by atoms with van der Waals surface area (Å²) in [6.45, 7) is 1.85. The maximum Gasteiger partial charge on any atom is 0.307 e. The molecule has 1 atom stereocenters. The van der Waals surface area contributed by atoms with Gasteiger partial charge in [-0.15, -0.1) is 0 Å². The molecule has 0 aromatic heterocycles. The third-order valence-corrected chi connectivity index (χ3v) is 3.27. The Morgan fingerprint density at radius 2 is 1.67 bits per heavy atom. The van der Waals surface area contributed by atoms with E-state index >= 15 is 0 Å². The van der Waals surface area contributed by atoms with Crippen LogP contribution < -0.4 is 5.32 Å². The van der Waals surface area contributed by atoms with Crippen molar-refractivity contribution in [2.24, 2.45) is 0 Å². The fourth-order valence-electron chi connectivity index (χ4n) is 2.02. The third kappa shape index (κ3) is 4.18. The van der Waals surface area contributed by atoms with Gasteiger partial charge in [-0.1, -0.05) is 42.5 Å². The van der Waals surface area contributed by atoms with Crippen molar-refractivity contribution in [3.05, 3.63) is 65.7 Å². The van der Waals surface area contributed by atoms with Crippen LogP contribution in [-0.4, -0.2) is 17.0 Å². The highest BCUT2D eigenvalue weighted by molar-refractivity contribution is 5.95. The SMILES string of the molecule is CC(C(=O)Nc1ccc(CC(=O)O)cc1)c1ccccc1. The molecule has 2 N–H and O–H groups in total. The first kappa shape index (κ1) is 14.8. The molecule has 0 spiro atoms. The number of carbonyl (C=O) groups is 2. The molecule has 21 heavy (non-hydrogen) atoms. The zero-order chi connectivity index (χ0) is 15.2. The molecule has 1 unspecified atom stereocenters. The minimum absolute atomic E-state index is 0.0192. The standard InChI is InChI=1S/C17H17NO3/c1-12(14-5-3-2-4-6-14)17(21)18-15-9-7-13(8-10-15)11-16(19)20/h2-10,12H,11H2,1H3,(H,18,21)(H,19,20). The first-order valence-corrected chi connectivity index (χ1v) is 6.73. The van der Waals surface area contributed by atoms with E-state index in [0.717, 1.165) is 5.56 Å². The summed E-state index contributed by atoms with van der Waals surface area (Å²) >= 11 is 0. The number of amides is 1. The predicted molar refractivity (Wildman–Crippen MR) is 81.3 cm³/mol. The summed E-state index contributed by atoms with van der Waals surface area (Å²) in [5, 5.41) is 11.5. The molecule has 0 aliphatic carbocycles. The van der Waals surface area contributed by atoms with Crippen LogP contribution in [0.1, 0.15) is 24.0 Å². The maximum atomic E-state index is 12.2. The summed E-state index contributed by atoms with van der Waals surface area (Å²) in [4.78, 5) is 22.8. The molecule has 2 rings (SSSR count). The smallest absolute Gasteiger partial charge is 0.307 e. The number of hydrogen-bond donors (Lipinski definition) is 2. The Bertz CT molecular complexity index is 620. The lowest BCUT2D eigenvalue weighted by atomic mass is 10.0. The van der Waals surface area contributed by atoms with Crippen LogP contribution in [0.2, 0.25) is 0 Å². The molecule has 4 heteroatoms. The second-order valence-electron chi connectivity index (χ2n) is 4.89. The Balaban J connectivity index is 2.01. The van der Waals surface area contributed by atoms with Gasteiger partial charge in [0.25, 0.3) is 0 Å². The molecule has 4 nitrogen and oxygen atoms in total. The van der Waals surface area contributed by atoms with E-state index in [1.807, 2.05) is 37.3 Å². The Hall–Kier alpha value is -2.62. The molecule has 0 heterocycles. The maximum absolute atomic E-state index is 12.2. The number of nitrogens with one attached hydrogen (secondary N) is 1. The van der Waals surface area contributed by atoms with Gasteiger partial charge in [0.05, 0.1) is 12.3 Å². The second kappa shape index (κ2) is 6.70. The van der Waals surface area contributed by atoms with Crippen molar-refractivity contribution in [2.45, 2.75) is 19.3 Å². The summed E-state index contributed by atoms with van der Waals surface area (Å²) in [5.74, 6) is -1.21. The summed E-state index contributed by atoms with van der Waals surface area (Å²) < 4.78 is 0. The number of benzene rings is 2. The highest BCUT2D eigenvalue weighted by atomic mass is 16.4. The van der Waals surface area contributed by atoms with Gasteiger partial charge in [0, 0.05) is 5.69 Å². The van der Waals surface area contributed by atoms with Gasteiger partial charge < -0.3 is 10.4 Å². The van der Waals surface area contributed by atoms with E-state index in [4.69, 9.17) is 5.11 Å². The van der Waals surface area contributed by atoms with Crippen LogP contribution in [-0.2, 0) is 16.0 Å². The zero-order valence-electron chi connectivity index (χ0n) is 11.7. The van der Waals surface area contributed by atoms with Gasteiger partial charge in [0.15, 0.2) is 0 Å². The van der Waals surface area contributed by atoms with E-state index in [9.17, 15) is 9.59 Å². The Labute approximate surface area is 123 Å². The molecule has 0 aliphatic rings. The molecule has 1 amide bonds. The topological polar surface area (TPSA) is 66.4 Å². The van der Waals surface area contributed by atoms with Crippen LogP contribution in [0.15, 0.2) is 54.6 Å². The number of rotatable bonds is 5. The Morgan fingerprint density at radius 3 is 2.24 bits per heavy atom. The Morgan fingerprint density at radius 1 is 1.05 bits per heavy atom. The predicted octanol–water partition coefficient (Wildman–Crippen LogP) is 3.06. The van der Waals surface area contributed by atoms with Gasteiger partial charge in [0.1, 0.15) is 0 Å². The number of carboxylic acid groups (broad SMARTS) is 1. The van der Waals surface area contributed by atoms with E-state index in [1.165, 1.54) is 0 Å². The lowest BCUT2D eigenvalue weighted by Gasteiger charge is -2.12. The summed E-state index contributed by atoms with van der Waals surface area (Å²) in [5.41, 5.74) is 2.33. The van der Waals surface area contributed by atoms with Crippen LogP contribution in [0.5, 0.6) is 0 Å². The van der Waals surface area contributed by atoms with E-state index in [0.29, 0.717) is 11.3 Å². The van der Waals surface area contributed by atoms with Gasteiger partial charge in [-0.3, -0.25) is 9.59 Å². The van der Waals surface area contributed by atoms with E-state index < -0.39 is 5.97 Å². The van der Waals surface area contributed by atoms with Crippen molar-refractivity contribution >= 4 is 17.6 Å². The molecule has 108 valence electrons. The monoisotopic (exact) mass is 283 g/mol. The largest absolute Gasteiger partial charge is 0.481 e. The van der Waals surface area contributed by atoms with Crippen LogP contribution in [0.3, 0.4) is 0 Å². The average molecular weight is 283 g/mol. The molecule has 0 fully saturated rings. The molecular formula is C17H17NO3. The van der Waals surface area contributed by atoms with Crippen molar-refractivity contribution in [1.82, 2.24) is 0 Å². The third-order valence-electron chi connectivity index (χ3n) is 3.27. The van der Waals surface area contributed by atoms with Gasteiger partial charge in [-0.2, -0.15) is 0 Å². The molecule has 0 aliphatic heterocycles. The van der Waals surface area contributed by atoms with Crippen LogP contribution >= 0.6 is 0 Å². The van der Waals surface area contributed by atoms with Crippen molar-refractivity contribution in [1.29, 1.82) is 0 Å². The summed E-state index contributed by atoms with van der Waals surface area (Å²) in [6.07, 6.45) is -0.0192. The van der Waals surface area contributed by atoms with Crippen LogP contribution in [0.25, 0.3) is 0 Å². The van der Waals surface area contributed by atoms with E-state index in [-0.39, 0.29) is 18.2 Å². The number of anilines is 1. The molecule has 0 saturated carbocycles. The molecule has 0 bridgehead atoms. The fraction of sp³-hybridized carbons (Fsp3) is 0.176. The molecule has 2 aromatic rings. The summed E-state index contributed by atoms with van der Waals surface area (Å²) in [7, 11) is 0. The van der Waals surface area contributed by atoms with E-state index in [1.54, 1.807) is 24.3 Å². The van der Waals surface area contributed by atoms with Gasteiger partial charge >= 0.3 is 5.97 Å². The number of hydrogen-bond acceptors (Lipinski definition) is 2. The first-order valence-electron chi connectivity index (χ1n) is 6.73. The highest BCUT2D eigenvalue weighted by Gasteiger charge is 2.14. The lowest BCUT2D eigenvalue weighted by Crippen LogP contribution is -2.18. The average Bonchev–Trinajstić information content (AvgIpc) is 2.49. The van der Waals surface area contributed by atoms with Gasteiger partial charge in [0.2, 0.25) is 5.91 Å². The quantitative estimate of drug-likeness (QED) is 0.886. The fourth-order valence-corrected chi connectivity index (χ4v) is 2.02. The number of carboxylic acids is 1. The van der Waals surface area contributed by atoms with Crippen molar-refractivity contribution < 1.29 is 14.7 Å². The minimum atomic E-state index is -0.871. The normalized spacial score (nSPS) is 11.7. The summed E-state index contributed by atoms with van der Waals surface area (Å²) in [6, 6.07) is 16.4. The lowest BCUT2D eigenvalue weighted by molar-refractivity contribution is -0.136. The minimum Gasteiger partial charge on any atom is -0.481 e. The highest BCUT2D eigenvalue weighted by Crippen LogP contribution is 2.18. The van der Waals surface area contributed by atoms with Gasteiger partial charge in [-0.05, 0) is 30.2 Å². The van der Waals surface area contributed by atoms with Crippen molar-refractivity contribution in [3.8, 4) is 0 Å². The Kier molecular flexibility index (Phi) is 4.72. The molecular weight excluding hydrogens is 266 g/mol. The molecule has 0 saturated heterocycles.